The van der Waals surface area contributed by atoms with Crippen LogP contribution in [0.15, 0.2) is 65.3 Å². The molecule has 0 saturated heterocycles. The van der Waals surface area contributed by atoms with E-state index in [1.54, 1.807) is 30.3 Å². The highest BCUT2D eigenvalue weighted by atomic mass is 16.3. The maximum atomic E-state index is 13.3. The molecule has 10 heteroatoms. The predicted molar refractivity (Wildman–Crippen MR) is 128 cm³/mol. The second-order valence-corrected chi connectivity index (χ2v) is 7.04. The summed E-state index contributed by atoms with van der Waals surface area (Å²) in [6, 6.07) is 15.9. The summed E-state index contributed by atoms with van der Waals surface area (Å²) >= 11 is 0. The van der Waals surface area contributed by atoms with Crippen molar-refractivity contribution in [3.05, 3.63) is 71.4 Å². The second kappa shape index (κ2) is 9.77. The number of carbonyl (C=O) groups excluding carboxylic acids is 1. The van der Waals surface area contributed by atoms with Gasteiger partial charge in [-0.1, -0.05) is 42.5 Å². The van der Waals surface area contributed by atoms with E-state index in [1.807, 2.05) is 44.2 Å². The number of anilines is 3. The number of nitrogens with zero attached hydrogens (tertiary/aromatic N) is 5. The molecular formula is C23H24N8O2. The van der Waals surface area contributed by atoms with Crippen LogP contribution in [0.4, 0.5) is 17.8 Å². The molecule has 0 radical (unpaired) electrons. The number of aromatic hydroxyl groups is 1. The molecule has 0 fully saturated rings. The van der Waals surface area contributed by atoms with Gasteiger partial charge in [-0.05, 0) is 37.6 Å². The van der Waals surface area contributed by atoms with E-state index >= 15 is 0 Å². The number of amides is 1. The van der Waals surface area contributed by atoms with Gasteiger partial charge in [-0.3, -0.25) is 10.2 Å². The first-order valence-electron chi connectivity index (χ1n) is 10.6. The van der Waals surface area contributed by atoms with Gasteiger partial charge in [0.05, 0.1) is 0 Å². The van der Waals surface area contributed by atoms with Gasteiger partial charge < -0.3 is 15.7 Å². The highest BCUT2D eigenvalue weighted by Crippen LogP contribution is 2.23. The summed E-state index contributed by atoms with van der Waals surface area (Å²) in [6.07, 6.45) is 1.66. The molecule has 168 valence electrons. The fourth-order valence-corrected chi connectivity index (χ4v) is 3.13. The van der Waals surface area contributed by atoms with E-state index in [-0.39, 0.29) is 23.3 Å². The Morgan fingerprint density at radius 1 is 0.879 bits per heavy atom. The molecule has 0 saturated carbocycles. The van der Waals surface area contributed by atoms with Crippen LogP contribution >= 0.6 is 0 Å². The lowest BCUT2D eigenvalue weighted by molar-refractivity contribution is -0.121. The minimum absolute atomic E-state index is 0.148. The summed E-state index contributed by atoms with van der Waals surface area (Å²) in [7, 11) is 0. The van der Waals surface area contributed by atoms with E-state index in [9.17, 15) is 9.90 Å². The van der Waals surface area contributed by atoms with Crippen LogP contribution in [-0.4, -0.2) is 49.9 Å². The molecule has 0 bridgehead atoms. The van der Waals surface area contributed by atoms with E-state index in [2.05, 4.69) is 36.0 Å². The molecule has 0 spiro atoms. The van der Waals surface area contributed by atoms with Gasteiger partial charge in [-0.25, -0.2) is 4.99 Å². The molecule has 2 heterocycles. The number of carbonyl (C=O) groups is 1. The Labute approximate surface area is 191 Å². The number of hydrogen-bond acceptors (Lipinski definition) is 9. The van der Waals surface area contributed by atoms with Crippen LogP contribution in [0.25, 0.3) is 6.08 Å². The number of phenols is 1. The SMILES string of the molecule is CCNc1nc(NCC)nc(NN2C(=O)/C(=C/c3ccc(O)cc3)N=C2c2ccccc2)n1. The zero-order valence-corrected chi connectivity index (χ0v) is 18.3. The molecule has 1 aromatic heterocycles. The van der Waals surface area contributed by atoms with Gasteiger partial charge in [0, 0.05) is 18.7 Å². The molecule has 0 aliphatic carbocycles. The first kappa shape index (κ1) is 21.8. The van der Waals surface area contributed by atoms with Crippen LogP contribution in [0.1, 0.15) is 25.0 Å². The second-order valence-electron chi connectivity index (χ2n) is 7.04. The van der Waals surface area contributed by atoms with Crippen LogP contribution < -0.4 is 16.1 Å². The third-order valence-corrected chi connectivity index (χ3v) is 4.61. The molecule has 1 aliphatic rings. The first-order valence-corrected chi connectivity index (χ1v) is 10.6. The standard InChI is InChI=1S/C23H24N8O2/c1-3-24-21-27-22(25-4-2)29-23(28-21)30-31-19(16-8-6-5-7-9-16)26-18(20(31)33)14-15-10-12-17(32)13-11-15/h5-14,32H,3-4H2,1-2H3,(H3,24,25,27,28,29,30)/b18-14-. The van der Waals surface area contributed by atoms with Gasteiger partial charge in [0.1, 0.15) is 11.4 Å². The van der Waals surface area contributed by atoms with Crippen molar-refractivity contribution >= 4 is 35.7 Å². The number of phenolic OH excluding ortho intramolecular Hbond substituents is 1. The summed E-state index contributed by atoms with van der Waals surface area (Å²) in [4.78, 5) is 30.9. The summed E-state index contributed by atoms with van der Waals surface area (Å²) < 4.78 is 0. The normalized spacial score (nSPS) is 14.4. The molecule has 2 aromatic carbocycles. The molecule has 0 atom stereocenters. The zero-order valence-electron chi connectivity index (χ0n) is 18.3. The quantitative estimate of drug-likeness (QED) is 0.390. The number of rotatable bonds is 8. The number of amidine groups is 1. The Balaban J connectivity index is 1.71. The summed E-state index contributed by atoms with van der Waals surface area (Å²) in [6.45, 7) is 5.14. The van der Waals surface area contributed by atoms with E-state index in [4.69, 9.17) is 0 Å². The fraction of sp³-hybridized carbons (Fsp3) is 0.174. The number of benzene rings is 2. The van der Waals surface area contributed by atoms with Crippen LogP contribution in [0.2, 0.25) is 0 Å². The maximum Gasteiger partial charge on any atom is 0.297 e. The van der Waals surface area contributed by atoms with Gasteiger partial charge >= 0.3 is 0 Å². The van der Waals surface area contributed by atoms with Crippen molar-refractivity contribution in [3.8, 4) is 5.75 Å². The van der Waals surface area contributed by atoms with Crippen molar-refractivity contribution in [3.63, 3.8) is 0 Å². The molecular weight excluding hydrogens is 420 g/mol. The van der Waals surface area contributed by atoms with E-state index in [0.29, 0.717) is 30.8 Å². The van der Waals surface area contributed by atoms with Crippen molar-refractivity contribution in [2.45, 2.75) is 13.8 Å². The molecule has 1 amide bonds. The van der Waals surface area contributed by atoms with Crippen LogP contribution in [-0.2, 0) is 4.79 Å². The molecule has 10 nitrogen and oxygen atoms in total. The molecule has 4 rings (SSSR count). The average Bonchev–Trinajstić information content (AvgIpc) is 3.11. The van der Waals surface area contributed by atoms with Crippen molar-refractivity contribution < 1.29 is 9.90 Å². The third-order valence-electron chi connectivity index (χ3n) is 4.61. The topological polar surface area (TPSA) is 128 Å². The third kappa shape index (κ3) is 5.06. The number of aromatic nitrogens is 3. The lowest BCUT2D eigenvalue weighted by Crippen LogP contribution is -2.38. The van der Waals surface area contributed by atoms with Gasteiger partial charge in [0.15, 0.2) is 5.84 Å². The molecule has 3 aromatic rings. The Morgan fingerprint density at radius 3 is 2.09 bits per heavy atom. The number of hydrazine groups is 1. The Kier molecular flexibility index (Phi) is 6.44. The minimum Gasteiger partial charge on any atom is -0.508 e. The number of hydrogen-bond donors (Lipinski definition) is 4. The van der Waals surface area contributed by atoms with E-state index < -0.39 is 0 Å². The summed E-state index contributed by atoms with van der Waals surface area (Å²) in [5.74, 6) is 1.17. The predicted octanol–water partition coefficient (Wildman–Crippen LogP) is 3.10. The van der Waals surface area contributed by atoms with E-state index in [0.717, 1.165) is 11.1 Å². The largest absolute Gasteiger partial charge is 0.508 e. The molecule has 1 aliphatic heterocycles. The number of nitrogens with one attached hydrogen (secondary N) is 3. The first-order chi connectivity index (χ1) is 16.1. The van der Waals surface area contributed by atoms with Crippen LogP contribution in [0, 0.1) is 0 Å². The summed E-state index contributed by atoms with van der Waals surface area (Å²) in [5, 5.41) is 17.0. The average molecular weight is 444 g/mol. The van der Waals surface area contributed by atoms with E-state index in [1.165, 1.54) is 5.01 Å². The Hall–Kier alpha value is -4.47. The zero-order chi connectivity index (χ0) is 23.2. The van der Waals surface area contributed by atoms with Crippen LogP contribution in [0.5, 0.6) is 5.75 Å². The fourth-order valence-electron chi connectivity index (χ4n) is 3.13. The van der Waals surface area contributed by atoms with Crippen molar-refractivity contribution in [2.75, 3.05) is 29.1 Å². The van der Waals surface area contributed by atoms with Gasteiger partial charge in [-0.15, -0.1) is 0 Å². The lowest BCUT2D eigenvalue weighted by atomic mass is 10.2. The van der Waals surface area contributed by atoms with Crippen molar-refractivity contribution in [1.82, 2.24) is 20.0 Å². The molecule has 0 unspecified atom stereocenters. The smallest absolute Gasteiger partial charge is 0.297 e. The van der Waals surface area contributed by atoms with Gasteiger partial charge in [-0.2, -0.15) is 20.0 Å². The molecule has 33 heavy (non-hydrogen) atoms. The lowest BCUT2D eigenvalue weighted by Gasteiger charge is -2.19. The number of aliphatic imine (C=N–C) groups is 1. The maximum absolute atomic E-state index is 13.3. The van der Waals surface area contributed by atoms with Crippen LogP contribution in [0.3, 0.4) is 0 Å². The minimum atomic E-state index is -0.364. The van der Waals surface area contributed by atoms with Gasteiger partial charge in [0.25, 0.3) is 5.91 Å². The monoisotopic (exact) mass is 444 g/mol. The highest BCUT2D eigenvalue weighted by Gasteiger charge is 2.32. The summed E-state index contributed by atoms with van der Waals surface area (Å²) in [5.41, 5.74) is 4.71. The molecule has 4 N–H and O–H groups in total. The van der Waals surface area contributed by atoms with Gasteiger partial charge in [0.2, 0.25) is 17.8 Å². The Bertz CT molecular complexity index is 1170. The highest BCUT2D eigenvalue weighted by molar-refractivity contribution is 6.20. The van der Waals surface area contributed by atoms with Crippen molar-refractivity contribution in [2.24, 2.45) is 4.99 Å². The van der Waals surface area contributed by atoms with Crippen molar-refractivity contribution in [1.29, 1.82) is 0 Å². The Morgan fingerprint density at radius 2 is 1.48 bits per heavy atom.